The van der Waals surface area contributed by atoms with Crippen molar-refractivity contribution in [3.8, 4) is 22.1 Å². The summed E-state index contributed by atoms with van der Waals surface area (Å²) in [7, 11) is 1.44. The summed E-state index contributed by atoms with van der Waals surface area (Å²) in [6.07, 6.45) is 0. The quantitative estimate of drug-likeness (QED) is 0.188. The molecule has 0 unspecified atom stereocenters. The fourth-order valence-electron chi connectivity index (χ4n) is 2.79. The highest BCUT2D eigenvalue weighted by atomic mass is 32.1. The lowest BCUT2D eigenvalue weighted by Crippen LogP contribution is -2.09. The molecule has 0 N–H and O–H groups in total. The Kier molecular flexibility index (Phi) is 5.11. The molecule has 0 aliphatic rings. The molecular formula is C21H13FN2O5S. The molecule has 0 atom stereocenters. The maximum atomic E-state index is 13.4. The molecular weight excluding hydrogens is 411 g/mol. The largest absolute Gasteiger partial charge is 0.493 e. The van der Waals surface area contributed by atoms with Crippen LogP contribution in [0.25, 0.3) is 20.8 Å². The number of esters is 1. The zero-order valence-electron chi connectivity index (χ0n) is 15.5. The van der Waals surface area contributed by atoms with E-state index in [-0.39, 0.29) is 22.8 Å². The van der Waals surface area contributed by atoms with Gasteiger partial charge >= 0.3 is 5.97 Å². The van der Waals surface area contributed by atoms with Crippen LogP contribution < -0.4 is 9.47 Å². The number of aromatic nitrogens is 1. The molecule has 0 saturated carbocycles. The van der Waals surface area contributed by atoms with E-state index < -0.39 is 10.9 Å². The fourth-order valence-corrected chi connectivity index (χ4v) is 3.73. The summed E-state index contributed by atoms with van der Waals surface area (Å²) in [5.41, 5.74) is 1.24. The van der Waals surface area contributed by atoms with Gasteiger partial charge in [0, 0.05) is 23.8 Å². The molecule has 0 bridgehead atoms. The summed E-state index contributed by atoms with van der Waals surface area (Å²) in [6, 6.07) is 14.5. The monoisotopic (exact) mass is 424 g/mol. The van der Waals surface area contributed by atoms with Gasteiger partial charge in [0.15, 0.2) is 11.5 Å². The standard InChI is InChI=1S/C21H13FN2O5S/c1-28-17-8-4-13(20-23-16-11-14(22)5-9-19(16)30-20)10-18(17)29-21(25)12-2-6-15(7-3-12)24(26)27/h2-11H,1H3. The van der Waals surface area contributed by atoms with Crippen LogP contribution in [0.1, 0.15) is 10.4 Å². The number of hydrogen-bond acceptors (Lipinski definition) is 7. The van der Waals surface area contributed by atoms with Crippen molar-refractivity contribution in [2.45, 2.75) is 0 Å². The number of fused-ring (bicyclic) bond motifs is 1. The maximum Gasteiger partial charge on any atom is 0.343 e. The lowest BCUT2D eigenvalue weighted by Gasteiger charge is -2.10. The van der Waals surface area contributed by atoms with Crippen molar-refractivity contribution < 1.29 is 23.6 Å². The van der Waals surface area contributed by atoms with Crippen LogP contribution in [0.15, 0.2) is 60.7 Å². The summed E-state index contributed by atoms with van der Waals surface area (Å²) in [6.45, 7) is 0. The molecule has 3 aromatic carbocycles. The molecule has 9 heteroatoms. The average molecular weight is 424 g/mol. The van der Waals surface area contributed by atoms with Gasteiger partial charge in [-0.1, -0.05) is 0 Å². The molecule has 1 heterocycles. The third-order valence-corrected chi connectivity index (χ3v) is 5.36. The summed E-state index contributed by atoms with van der Waals surface area (Å²) < 4.78 is 25.0. The van der Waals surface area contributed by atoms with Crippen LogP contribution >= 0.6 is 11.3 Å². The van der Waals surface area contributed by atoms with Crippen LogP contribution in [-0.4, -0.2) is 23.0 Å². The summed E-state index contributed by atoms with van der Waals surface area (Å²) in [4.78, 5) is 27.1. The van der Waals surface area contributed by atoms with Gasteiger partial charge in [-0.05, 0) is 42.5 Å². The van der Waals surface area contributed by atoms with Crippen LogP contribution in [0.3, 0.4) is 0 Å². The first kappa shape index (κ1) is 19.5. The van der Waals surface area contributed by atoms with Gasteiger partial charge in [-0.25, -0.2) is 14.2 Å². The van der Waals surface area contributed by atoms with Crippen molar-refractivity contribution in [1.82, 2.24) is 4.98 Å². The number of thiazole rings is 1. The average Bonchev–Trinajstić information content (AvgIpc) is 3.17. The molecule has 150 valence electrons. The van der Waals surface area contributed by atoms with Crippen LogP contribution in [0, 0.1) is 15.9 Å². The topological polar surface area (TPSA) is 91.6 Å². The van der Waals surface area contributed by atoms with Gasteiger partial charge in [-0.2, -0.15) is 0 Å². The highest BCUT2D eigenvalue weighted by Gasteiger charge is 2.16. The lowest BCUT2D eigenvalue weighted by atomic mass is 10.2. The minimum atomic E-state index is -0.688. The van der Waals surface area contributed by atoms with E-state index in [0.29, 0.717) is 21.8 Å². The predicted octanol–water partition coefficient (Wildman–Crippen LogP) is 5.24. The number of nitro groups is 1. The third kappa shape index (κ3) is 3.83. The van der Waals surface area contributed by atoms with Crippen molar-refractivity contribution in [2.24, 2.45) is 0 Å². The smallest absolute Gasteiger partial charge is 0.343 e. The highest BCUT2D eigenvalue weighted by Crippen LogP contribution is 2.36. The van der Waals surface area contributed by atoms with Gasteiger partial charge in [0.1, 0.15) is 10.8 Å². The molecule has 4 rings (SSSR count). The zero-order chi connectivity index (χ0) is 21.3. The number of carbonyl (C=O) groups excluding carboxylic acids is 1. The Labute approximate surface area is 173 Å². The number of carbonyl (C=O) groups is 1. The van der Waals surface area contributed by atoms with Gasteiger partial charge in [0.05, 0.1) is 27.8 Å². The molecule has 0 spiro atoms. The molecule has 0 fully saturated rings. The van der Waals surface area contributed by atoms with Crippen molar-refractivity contribution in [2.75, 3.05) is 7.11 Å². The first-order chi connectivity index (χ1) is 14.4. The van der Waals surface area contributed by atoms with Crippen LogP contribution in [0.5, 0.6) is 11.5 Å². The number of rotatable bonds is 5. The molecule has 30 heavy (non-hydrogen) atoms. The van der Waals surface area contributed by atoms with Crippen molar-refractivity contribution in [3.63, 3.8) is 0 Å². The minimum absolute atomic E-state index is 0.126. The first-order valence-corrected chi connectivity index (χ1v) is 9.47. The van der Waals surface area contributed by atoms with E-state index in [9.17, 15) is 19.3 Å². The molecule has 1 aromatic heterocycles. The molecule has 0 aliphatic heterocycles. The Morgan fingerprint density at radius 1 is 1.07 bits per heavy atom. The van der Waals surface area contributed by atoms with E-state index in [1.54, 1.807) is 24.3 Å². The molecule has 0 amide bonds. The summed E-state index contributed by atoms with van der Waals surface area (Å²) in [5, 5.41) is 11.4. The second kappa shape index (κ2) is 7.88. The highest BCUT2D eigenvalue weighted by molar-refractivity contribution is 7.21. The van der Waals surface area contributed by atoms with Crippen molar-refractivity contribution >= 4 is 33.2 Å². The third-order valence-electron chi connectivity index (χ3n) is 4.28. The number of benzene rings is 3. The number of halogens is 1. The normalized spacial score (nSPS) is 10.7. The fraction of sp³-hybridized carbons (Fsp3) is 0.0476. The van der Waals surface area contributed by atoms with Gasteiger partial charge in [-0.3, -0.25) is 10.1 Å². The molecule has 0 saturated heterocycles. The van der Waals surface area contributed by atoms with Crippen LogP contribution in [0.4, 0.5) is 10.1 Å². The predicted molar refractivity (Wildman–Crippen MR) is 110 cm³/mol. The van der Waals surface area contributed by atoms with E-state index in [1.807, 2.05) is 0 Å². The van der Waals surface area contributed by atoms with Gasteiger partial charge in [0.2, 0.25) is 0 Å². The Bertz CT molecular complexity index is 1270. The Hall–Kier alpha value is -3.85. The van der Waals surface area contributed by atoms with Gasteiger partial charge < -0.3 is 9.47 Å². The molecule has 0 radical (unpaired) electrons. The SMILES string of the molecule is COc1ccc(-c2nc3cc(F)ccc3s2)cc1OC(=O)c1ccc([N+](=O)[O-])cc1. The minimum Gasteiger partial charge on any atom is -0.493 e. The Morgan fingerprint density at radius 2 is 1.83 bits per heavy atom. The Balaban J connectivity index is 1.65. The van der Waals surface area contributed by atoms with Crippen molar-refractivity contribution in [3.05, 3.63) is 82.2 Å². The number of ether oxygens (including phenoxy) is 2. The molecule has 4 aromatic rings. The number of methoxy groups -OCH3 is 1. The van der Waals surface area contributed by atoms with E-state index in [2.05, 4.69) is 4.98 Å². The Morgan fingerprint density at radius 3 is 2.53 bits per heavy atom. The second-order valence-electron chi connectivity index (χ2n) is 6.19. The van der Waals surface area contributed by atoms with Crippen molar-refractivity contribution in [1.29, 1.82) is 0 Å². The van der Waals surface area contributed by atoms with E-state index >= 15 is 0 Å². The molecule has 7 nitrogen and oxygen atoms in total. The van der Waals surface area contributed by atoms with Crippen LogP contribution in [0.2, 0.25) is 0 Å². The number of nitrogens with zero attached hydrogens (tertiary/aromatic N) is 2. The van der Waals surface area contributed by atoms with Gasteiger partial charge in [0.25, 0.3) is 5.69 Å². The number of non-ortho nitro benzene ring substituents is 1. The van der Waals surface area contributed by atoms with Crippen LogP contribution in [-0.2, 0) is 0 Å². The lowest BCUT2D eigenvalue weighted by molar-refractivity contribution is -0.384. The molecule has 0 aliphatic carbocycles. The number of hydrogen-bond donors (Lipinski definition) is 0. The van der Waals surface area contributed by atoms with E-state index in [0.717, 1.165) is 4.70 Å². The van der Waals surface area contributed by atoms with E-state index in [4.69, 9.17) is 9.47 Å². The first-order valence-electron chi connectivity index (χ1n) is 8.66. The zero-order valence-corrected chi connectivity index (χ0v) is 16.3. The van der Waals surface area contributed by atoms with E-state index in [1.165, 1.54) is 54.8 Å². The summed E-state index contributed by atoms with van der Waals surface area (Å²) in [5.74, 6) is -0.552. The number of nitro benzene ring substituents is 1. The van der Waals surface area contributed by atoms with Gasteiger partial charge in [-0.15, -0.1) is 11.3 Å². The maximum absolute atomic E-state index is 13.4. The second-order valence-corrected chi connectivity index (χ2v) is 7.22. The summed E-state index contributed by atoms with van der Waals surface area (Å²) >= 11 is 1.38.